The van der Waals surface area contributed by atoms with Gasteiger partial charge in [0.15, 0.2) is 0 Å². The van der Waals surface area contributed by atoms with Gasteiger partial charge < -0.3 is 19.7 Å². The quantitative estimate of drug-likeness (QED) is 0.677. The Hall–Kier alpha value is -2.83. The van der Waals surface area contributed by atoms with Crippen LogP contribution in [0.4, 0.5) is 5.69 Å². The number of carboxylic acids is 1. The second-order valence-corrected chi connectivity index (χ2v) is 5.72. The molecular weight excluding hydrogens is 324 g/mol. The highest BCUT2D eigenvalue weighted by Gasteiger charge is 2.11. The number of nitrogens with one attached hydrogen (secondary N) is 1. The number of carbonyl (C=O) groups is 2. The third kappa shape index (κ3) is 5.95. The number of rotatable bonds is 9. The Labute approximate surface area is 146 Å². The Morgan fingerprint density at radius 2 is 1.92 bits per heavy atom. The molecule has 0 unspecified atom stereocenters. The first-order valence-corrected chi connectivity index (χ1v) is 8.12. The lowest BCUT2D eigenvalue weighted by Crippen LogP contribution is -2.12. The number of aliphatic carboxylic acids is 1. The molecule has 1 heterocycles. The van der Waals surface area contributed by atoms with E-state index in [4.69, 9.17) is 14.4 Å². The lowest BCUT2D eigenvalue weighted by Gasteiger charge is -2.08. The summed E-state index contributed by atoms with van der Waals surface area (Å²) in [6, 6.07) is 6.98. The Morgan fingerprint density at radius 3 is 2.52 bits per heavy atom. The first-order chi connectivity index (χ1) is 12.0. The van der Waals surface area contributed by atoms with E-state index in [1.165, 1.54) is 0 Å². The zero-order valence-electron chi connectivity index (χ0n) is 14.4. The molecule has 25 heavy (non-hydrogen) atoms. The molecule has 0 aliphatic heterocycles. The van der Waals surface area contributed by atoms with Gasteiger partial charge in [-0.1, -0.05) is 5.16 Å². The highest BCUT2D eigenvalue weighted by molar-refractivity contribution is 5.90. The first kappa shape index (κ1) is 18.5. The zero-order chi connectivity index (χ0) is 18.2. The molecule has 0 aliphatic carbocycles. The number of benzene rings is 1. The van der Waals surface area contributed by atoms with Crippen molar-refractivity contribution < 1.29 is 24.0 Å². The standard InChI is InChI=1S/C18H22N2O5/c1-12-16(13(2)25-20-12)9-10-17(21)19-14-5-7-15(8-6-14)24-11-3-4-18(22)23/h5-8H,3-4,9-11H2,1-2H3,(H,19,21)(H,22,23). The summed E-state index contributed by atoms with van der Waals surface area (Å²) in [5.74, 6) is 0.460. The summed E-state index contributed by atoms with van der Waals surface area (Å²) in [4.78, 5) is 22.5. The van der Waals surface area contributed by atoms with Crippen molar-refractivity contribution in [1.29, 1.82) is 0 Å². The molecule has 0 saturated carbocycles. The van der Waals surface area contributed by atoms with Crippen molar-refractivity contribution in [1.82, 2.24) is 5.16 Å². The van der Waals surface area contributed by atoms with Gasteiger partial charge in [0.05, 0.1) is 12.3 Å². The van der Waals surface area contributed by atoms with Gasteiger partial charge in [-0.25, -0.2) is 0 Å². The minimum Gasteiger partial charge on any atom is -0.494 e. The summed E-state index contributed by atoms with van der Waals surface area (Å²) < 4.78 is 10.5. The molecule has 0 spiro atoms. The highest BCUT2D eigenvalue weighted by atomic mass is 16.5. The Balaban J connectivity index is 1.76. The fourth-order valence-electron chi connectivity index (χ4n) is 2.37. The molecule has 0 saturated heterocycles. The van der Waals surface area contributed by atoms with Crippen LogP contribution < -0.4 is 10.1 Å². The molecule has 2 aromatic rings. The molecule has 2 rings (SSSR count). The Kier molecular flexibility index (Phi) is 6.56. The topological polar surface area (TPSA) is 102 Å². The van der Waals surface area contributed by atoms with Crippen molar-refractivity contribution >= 4 is 17.6 Å². The number of ether oxygens (including phenoxy) is 1. The van der Waals surface area contributed by atoms with E-state index in [0.29, 0.717) is 37.3 Å². The number of aromatic nitrogens is 1. The van der Waals surface area contributed by atoms with Crippen molar-refractivity contribution in [2.45, 2.75) is 39.5 Å². The summed E-state index contributed by atoms with van der Waals surface area (Å²) in [7, 11) is 0. The molecular formula is C18H22N2O5. The van der Waals surface area contributed by atoms with E-state index < -0.39 is 5.97 Å². The first-order valence-electron chi connectivity index (χ1n) is 8.12. The highest BCUT2D eigenvalue weighted by Crippen LogP contribution is 2.18. The van der Waals surface area contributed by atoms with Crippen molar-refractivity contribution in [3.8, 4) is 5.75 Å². The second kappa shape index (κ2) is 8.86. The molecule has 1 aromatic heterocycles. The average molecular weight is 346 g/mol. The normalized spacial score (nSPS) is 10.5. The molecule has 2 N–H and O–H groups in total. The van der Waals surface area contributed by atoms with Crippen LogP contribution in [0.3, 0.4) is 0 Å². The summed E-state index contributed by atoms with van der Waals surface area (Å²) in [6.45, 7) is 4.04. The van der Waals surface area contributed by atoms with Crippen molar-refractivity contribution in [2.24, 2.45) is 0 Å². The lowest BCUT2D eigenvalue weighted by molar-refractivity contribution is -0.137. The number of anilines is 1. The van der Waals surface area contributed by atoms with Crippen molar-refractivity contribution in [3.05, 3.63) is 41.3 Å². The van der Waals surface area contributed by atoms with Gasteiger partial charge in [-0.05, 0) is 51.0 Å². The fourth-order valence-corrected chi connectivity index (χ4v) is 2.37. The predicted octanol–water partition coefficient (Wildman–Crippen LogP) is 3.11. The van der Waals surface area contributed by atoms with Gasteiger partial charge in [-0.3, -0.25) is 9.59 Å². The monoisotopic (exact) mass is 346 g/mol. The van der Waals surface area contributed by atoms with E-state index in [0.717, 1.165) is 17.0 Å². The van der Waals surface area contributed by atoms with Gasteiger partial charge in [0, 0.05) is 24.1 Å². The van der Waals surface area contributed by atoms with Gasteiger partial charge in [0.2, 0.25) is 5.91 Å². The third-order valence-corrected chi connectivity index (χ3v) is 3.73. The number of hydrogen-bond donors (Lipinski definition) is 2. The van der Waals surface area contributed by atoms with Crippen LogP contribution >= 0.6 is 0 Å². The van der Waals surface area contributed by atoms with E-state index in [2.05, 4.69) is 10.5 Å². The molecule has 0 fully saturated rings. The van der Waals surface area contributed by atoms with Crippen LogP contribution in [0.25, 0.3) is 0 Å². The average Bonchev–Trinajstić information content (AvgIpc) is 2.89. The fraction of sp³-hybridized carbons (Fsp3) is 0.389. The molecule has 1 aromatic carbocycles. The van der Waals surface area contributed by atoms with Gasteiger partial charge in [0.25, 0.3) is 0 Å². The molecule has 0 atom stereocenters. The summed E-state index contributed by atoms with van der Waals surface area (Å²) in [6.07, 6.45) is 1.46. The Bertz CT molecular complexity index is 702. The molecule has 1 amide bonds. The number of carboxylic acid groups (broad SMARTS) is 1. The van der Waals surface area contributed by atoms with E-state index in [1.54, 1.807) is 24.3 Å². The number of aryl methyl sites for hydroxylation is 2. The molecule has 7 nitrogen and oxygen atoms in total. The van der Waals surface area contributed by atoms with Crippen LogP contribution in [0.2, 0.25) is 0 Å². The summed E-state index contributed by atoms with van der Waals surface area (Å²) >= 11 is 0. The lowest BCUT2D eigenvalue weighted by atomic mass is 10.1. The van der Waals surface area contributed by atoms with E-state index in [-0.39, 0.29) is 12.3 Å². The van der Waals surface area contributed by atoms with Crippen LogP contribution in [-0.4, -0.2) is 28.7 Å². The maximum absolute atomic E-state index is 12.0. The molecule has 134 valence electrons. The van der Waals surface area contributed by atoms with Crippen LogP contribution in [0.15, 0.2) is 28.8 Å². The van der Waals surface area contributed by atoms with Gasteiger partial charge in [-0.15, -0.1) is 0 Å². The van der Waals surface area contributed by atoms with E-state index >= 15 is 0 Å². The van der Waals surface area contributed by atoms with Crippen LogP contribution in [0.5, 0.6) is 5.75 Å². The number of hydrogen-bond acceptors (Lipinski definition) is 5. The maximum Gasteiger partial charge on any atom is 0.303 e. The van der Waals surface area contributed by atoms with Crippen molar-refractivity contribution in [2.75, 3.05) is 11.9 Å². The minimum atomic E-state index is -0.835. The number of nitrogens with zero attached hydrogens (tertiary/aromatic N) is 1. The molecule has 7 heteroatoms. The van der Waals surface area contributed by atoms with Crippen LogP contribution in [-0.2, 0) is 16.0 Å². The Morgan fingerprint density at radius 1 is 1.20 bits per heavy atom. The molecule has 0 bridgehead atoms. The molecule has 0 aliphatic rings. The van der Waals surface area contributed by atoms with Gasteiger partial charge >= 0.3 is 5.97 Å². The number of carbonyl (C=O) groups excluding carboxylic acids is 1. The largest absolute Gasteiger partial charge is 0.494 e. The van der Waals surface area contributed by atoms with E-state index in [1.807, 2.05) is 13.8 Å². The van der Waals surface area contributed by atoms with Crippen LogP contribution in [0.1, 0.15) is 36.3 Å². The van der Waals surface area contributed by atoms with Gasteiger partial charge in [-0.2, -0.15) is 0 Å². The second-order valence-electron chi connectivity index (χ2n) is 5.72. The van der Waals surface area contributed by atoms with Crippen molar-refractivity contribution in [3.63, 3.8) is 0 Å². The van der Waals surface area contributed by atoms with E-state index in [9.17, 15) is 9.59 Å². The summed E-state index contributed by atoms with van der Waals surface area (Å²) in [5, 5.41) is 15.3. The zero-order valence-corrected chi connectivity index (χ0v) is 14.4. The molecule has 0 radical (unpaired) electrons. The third-order valence-electron chi connectivity index (χ3n) is 3.73. The predicted molar refractivity (Wildman–Crippen MR) is 91.7 cm³/mol. The summed E-state index contributed by atoms with van der Waals surface area (Å²) in [5.41, 5.74) is 2.47. The number of amides is 1. The maximum atomic E-state index is 12.0. The minimum absolute atomic E-state index is 0.0826. The van der Waals surface area contributed by atoms with Gasteiger partial charge in [0.1, 0.15) is 11.5 Å². The SMILES string of the molecule is Cc1noc(C)c1CCC(=O)Nc1ccc(OCCCC(=O)O)cc1. The smallest absolute Gasteiger partial charge is 0.303 e. The van der Waals surface area contributed by atoms with Crippen LogP contribution in [0, 0.1) is 13.8 Å².